The van der Waals surface area contributed by atoms with Crippen molar-refractivity contribution in [1.29, 1.82) is 0 Å². The fraction of sp³-hybridized carbons (Fsp3) is 0. The normalized spacial score (nSPS) is 11.2. The van der Waals surface area contributed by atoms with Gasteiger partial charge < -0.3 is 5.11 Å². The number of nitrogens with one attached hydrogen (secondary N) is 1. The zero-order valence-electron chi connectivity index (χ0n) is 13.9. The zero-order valence-corrected chi connectivity index (χ0v) is 13.9. The molecule has 0 aromatic heterocycles. The minimum atomic E-state index is -0.293. The topological polar surface area (TPSA) is 61.7 Å². The number of carbonyl (C=O) groups excluding carboxylic acids is 1. The highest BCUT2D eigenvalue weighted by molar-refractivity contribution is 6.07. The Morgan fingerprint density at radius 1 is 0.846 bits per heavy atom. The highest BCUT2D eigenvalue weighted by Crippen LogP contribution is 2.23. The van der Waals surface area contributed by atoms with Gasteiger partial charge in [-0.15, -0.1) is 0 Å². The number of hydrogen-bond donors (Lipinski definition) is 2. The lowest BCUT2D eigenvalue weighted by atomic mass is 10.0. The van der Waals surface area contributed by atoms with Crippen molar-refractivity contribution >= 4 is 33.7 Å². The van der Waals surface area contributed by atoms with Crippen molar-refractivity contribution in [1.82, 2.24) is 5.43 Å². The Labute approximate surface area is 150 Å². The molecule has 2 N–H and O–H groups in total. The molecule has 4 nitrogen and oxygen atoms in total. The number of carbonyl (C=O) groups is 1. The van der Waals surface area contributed by atoms with Crippen molar-refractivity contribution in [3.05, 3.63) is 90.0 Å². The SMILES string of the molecule is O=C(N/N=C\c1cc2ccccc2cc1O)c1cccc2ccccc12. The summed E-state index contributed by atoms with van der Waals surface area (Å²) in [5.74, 6) is -0.176. The summed E-state index contributed by atoms with van der Waals surface area (Å²) in [4.78, 5) is 12.5. The number of phenolic OH excluding ortho intramolecular Hbond substituents is 1. The van der Waals surface area contributed by atoms with Crippen molar-refractivity contribution in [2.75, 3.05) is 0 Å². The lowest BCUT2D eigenvalue weighted by molar-refractivity contribution is 0.0957. The molecule has 0 aliphatic rings. The van der Waals surface area contributed by atoms with Gasteiger partial charge in [0, 0.05) is 11.1 Å². The molecule has 4 aromatic carbocycles. The van der Waals surface area contributed by atoms with E-state index in [4.69, 9.17) is 0 Å². The van der Waals surface area contributed by atoms with Crippen LogP contribution in [0.25, 0.3) is 21.5 Å². The van der Waals surface area contributed by atoms with Crippen LogP contribution in [0.5, 0.6) is 5.75 Å². The molecule has 0 aliphatic heterocycles. The number of hydrogen-bond acceptors (Lipinski definition) is 3. The standard InChI is InChI=1S/C22H16N2O2/c25-21-13-17-8-2-1-7-16(17)12-18(21)14-23-24-22(26)20-11-5-9-15-6-3-4-10-19(15)20/h1-14,25H,(H,24,26)/b23-14-. The maximum Gasteiger partial charge on any atom is 0.271 e. The van der Waals surface area contributed by atoms with Gasteiger partial charge in [0.2, 0.25) is 0 Å². The van der Waals surface area contributed by atoms with E-state index in [2.05, 4.69) is 10.5 Å². The van der Waals surface area contributed by atoms with Gasteiger partial charge in [-0.2, -0.15) is 5.10 Å². The lowest BCUT2D eigenvalue weighted by Gasteiger charge is -2.05. The highest BCUT2D eigenvalue weighted by Gasteiger charge is 2.08. The first-order valence-electron chi connectivity index (χ1n) is 8.25. The van der Waals surface area contributed by atoms with Gasteiger partial charge >= 0.3 is 0 Å². The first-order valence-corrected chi connectivity index (χ1v) is 8.25. The maximum atomic E-state index is 12.5. The van der Waals surface area contributed by atoms with Gasteiger partial charge in [0.25, 0.3) is 5.91 Å². The fourth-order valence-electron chi connectivity index (χ4n) is 2.99. The molecule has 0 saturated carbocycles. The van der Waals surface area contributed by atoms with Gasteiger partial charge in [0.15, 0.2) is 0 Å². The van der Waals surface area contributed by atoms with E-state index in [0.29, 0.717) is 11.1 Å². The van der Waals surface area contributed by atoms with Crippen LogP contribution in [0.15, 0.2) is 84.0 Å². The zero-order chi connectivity index (χ0) is 17.9. The first kappa shape index (κ1) is 15.8. The average molecular weight is 340 g/mol. The van der Waals surface area contributed by atoms with Crippen molar-refractivity contribution in [3.63, 3.8) is 0 Å². The van der Waals surface area contributed by atoms with Crippen LogP contribution in [-0.2, 0) is 0 Å². The third-order valence-electron chi connectivity index (χ3n) is 4.30. The Kier molecular flexibility index (Phi) is 4.07. The van der Waals surface area contributed by atoms with Crippen LogP contribution >= 0.6 is 0 Å². The van der Waals surface area contributed by atoms with Gasteiger partial charge in [0.05, 0.1) is 6.21 Å². The molecule has 126 valence electrons. The minimum absolute atomic E-state index is 0.117. The summed E-state index contributed by atoms with van der Waals surface area (Å²) < 4.78 is 0. The molecule has 0 radical (unpaired) electrons. The molecule has 0 aliphatic carbocycles. The summed E-state index contributed by atoms with van der Waals surface area (Å²) in [5, 5.41) is 17.9. The summed E-state index contributed by atoms with van der Waals surface area (Å²) in [6.45, 7) is 0. The van der Waals surface area contributed by atoms with Crippen molar-refractivity contribution < 1.29 is 9.90 Å². The first-order chi connectivity index (χ1) is 12.7. The van der Waals surface area contributed by atoms with Gasteiger partial charge in [0.1, 0.15) is 5.75 Å². The third kappa shape index (κ3) is 3.00. The quantitative estimate of drug-likeness (QED) is 0.427. The Morgan fingerprint density at radius 3 is 2.31 bits per heavy atom. The van der Waals surface area contributed by atoms with Gasteiger partial charge in [-0.1, -0.05) is 60.7 Å². The van der Waals surface area contributed by atoms with Crippen molar-refractivity contribution in [2.45, 2.75) is 0 Å². The molecule has 4 rings (SSSR count). The molecule has 0 unspecified atom stereocenters. The molecule has 4 aromatic rings. The Hall–Kier alpha value is -3.66. The Morgan fingerprint density at radius 2 is 1.50 bits per heavy atom. The monoisotopic (exact) mass is 340 g/mol. The van der Waals surface area contributed by atoms with Crippen LogP contribution in [0.3, 0.4) is 0 Å². The van der Waals surface area contributed by atoms with Crippen LogP contribution in [0.1, 0.15) is 15.9 Å². The number of aromatic hydroxyl groups is 1. The number of benzene rings is 4. The molecule has 0 heterocycles. The van der Waals surface area contributed by atoms with E-state index in [1.54, 1.807) is 12.1 Å². The summed E-state index contributed by atoms with van der Waals surface area (Å²) in [5.41, 5.74) is 3.64. The maximum absolute atomic E-state index is 12.5. The fourth-order valence-corrected chi connectivity index (χ4v) is 2.99. The molecule has 0 saturated heterocycles. The van der Waals surface area contributed by atoms with Gasteiger partial charge in [-0.05, 0) is 39.7 Å². The number of nitrogens with zero attached hydrogens (tertiary/aromatic N) is 1. The number of phenols is 1. The van der Waals surface area contributed by atoms with Crippen LogP contribution in [0.2, 0.25) is 0 Å². The summed E-state index contributed by atoms with van der Waals surface area (Å²) in [6.07, 6.45) is 1.45. The van der Waals surface area contributed by atoms with Gasteiger partial charge in [-0.3, -0.25) is 4.79 Å². The van der Waals surface area contributed by atoms with E-state index in [9.17, 15) is 9.90 Å². The molecular weight excluding hydrogens is 324 g/mol. The van der Waals surface area contributed by atoms with Crippen LogP contribution in [0, 0.1) is 0 Å². The molecule has 1 amide bonds. The smallest absolute Gasteiger partial charge is 0.271 e. The Balaban J connectivity index is 1.58. The largest absolute Gasteiger partial charge is 0.507 e. The number of fused-ring (bicyclic) bond motifs is 2. The van der Waals surface area contributed by atoms with Crippen LogP contribution in [0.4, 0.5) is 0 Å². The van der Waals surface area contributed by atoms with Crippen LogP contribution in [-0.4, -0.2) is 17.2 Å². The molecule has 0 bridgehead atoms. The third-order valence-corrected chi connectivity index (χ3v) is 4.30. The molecule has 4 heteroatoms. The molecular formula is C22H16N2O2. The second kappa shape index (κ2) is 6.69. The number of rotatable bonds is 3. The average Bonchev–Trinajstić information content (AvgIpc) is 2.67. The highest BCUT2D eigenvalue weighted by atomic mass is 16.3. The van der Waals surface area contributed by atoms with E-state index in [-0.39, 0.29) is 11.7 Å². The predicted octanol–water partition coefficient (Wildman–Crippen LogP) is 4.46. The number of hydrazone groups is 1. The van der Waals surface area contributed by atoms with E-state index in [0.717, 1.165) is 21.5 Å². The van der Waals surface area contributed by atoms with E-state index < -0.39 is 0 Å². The molecule has 0 spiro atoms. The van der Waals surface area contributed by atoms with Crippen LogP contribution < -0.4 is 5.43 Å². The Bertz CT molecular complexity index is 1140. The predicted molar refractivity (Wildman–Crippen MR) is 105 cm³/mol. The second-order valence-electron chi connectivity index (χ2n) is 5.98. The minimum Gasteiger partial charge on any atom is -0.507 e. The van der Waals surface area contributed by atoms with Crippen molar-refractivity contribution in [2.24, 2.45) is 5.10 Å². The van der Waals surface area contributed by atoms with E-state index in [1.165, 1.54) is 6.21 Å². The number of amides is 1. The summed E-state index contributed by atoms with van der Waals surface area (Å²) >= 11 is 0. The van der Waals surface area contributed by atoms with E-state index in [1.807, 2.05) is 66.7 Å². The molecule has 26 heavy (non-hydrogen) atoms. The second-order valence-corrected chi connectivity index (χ2v) is 5.98. The van der Waals surface area contributed by atoms with E-state index >= 15 is 0 Å². The van der Waals surface area contributed by atoms with Gasteiger partial charge in [-0.25, -0.2) is 5.43 Å². The summed E-state index contributed by atoms with van der Waals surface area (Å²) in [6, 6.07) is 24.5. The molecule has 0 fully saturated rings. The van der Waals surface area contributed by atoms with Crippen molar-refractivity contribution in [3.8, 4) is 5.75 Å². The molecule has 0 atom stereocenters. The summed E-state index contributed by atoms with van der Waals surface area (Å²) in [7, 11) is 0. The lowest BCUT2D eigenvalue weighted by Crippen LogP contribution is -2.17.